The van der Waals surface area contributed by atoms with Crippen LogP contribution in [0.25, 0.3) is 11.1 Å². The Morgan fingerprint density at radius 3 is 2.12 bits per heavy atom. The molecule has 25 heavy (non-hydrogen) atoms. The largest absolute Gasteiger partial charge is 0.308 e. The highest BCUT2D eigenvalue weighted by molar-refractivity contribution is 5.63. The average Bonchev–Trinajstić information content (AvgIpc) is 2.70. The Kier molecular flexibility index (Phi) is 4.91. The summed E-state index contributed by atoms with van der Waals surface area (Å²) in [6.07, 6.45) is 0. The summed E-state index contributed by atoms with van der Waals surface area (Å²) in [6.45, 7) is 4.23. The lowest BCUT2D eigenvalue weighted by atomic mass is 9.99. The van der Waals surface area contributed by atoms with Gasteiger partial charge in [0.15, 0.2) is 0 Å². The fourth-order valence-corrected chi connectivity index (χ4v) is 3.56. The van der Waals surface area contributed by atoms with Gasteiger partial charge in [0.25, 0.3) is 0 Å². The van der Waals surface area contributed by atoms with Gasteiger partial charge in [0.05, 0.1) is 0 Å². The number of hydrogen-bond donors (Lipinski definition) is 1. The van der Waals surface area contributed by atoms with E-state index >= 15 is 0 Å². The highest BCUT2D eigenvalue weighted by Crippen LogP contribution is 2.23. The van der Waals surface area contributed by atoms with E-state index in [4.69, 9.17) is 0 Å². The van der Waals surface area contributed by atoms with E-state index in [1.165, 1.54) is 22.3 Å². The smallest absolute Gasteiger partial charge is 0.0449 e. The van der Waals surface area contributed by atoms with Gasteiger partial charge in [-0.15, -0.1) is 0 Å². The summed E-state index contributed by atoms with van der Waals surface area (Å²) in [6, 6.07) is 30.7. The topological polar surface area (TPSA) is 15.3 Å². The molecule has 1 saturated heterocycles. The third-order valence-corrected chi connectivity index (χ3v) is 4.93. The molecule has 126 valence electrons. The molecule has 1 aliphatic rings. The number of piperazine rings is 1. The highest BCUT2D eigenvalue weighted by Gasteiger charge is 2.20. The Bertz CT molecular complexity index is 781. The van der Waals surface area contributed by atoms with E-state index in [1.807, 2.05) is 0 Å². The molecule has 0 saturated carbocycles. The van der Waals surface area contributed by atoms with Crippen molar-refractivity contribution in [2.75, 3.05) is 19.6 Å². The Hall–Kier alpha value is -2.42. The van der Waals surface area contributed by atoms with Gasteiger partial charge in [0.2, 0.25) is 0 Å². The standard InChI is InChI=1S/C23H24N2/c1-3-7-19(8-4-1)17-25-16-15-24-23(18-25)22-13-11-21(12-14-22)20-9-5-2-6-10-20/h1-14,23-24H,15-18H2. The van der Waals surface area contributed by atoms with Crippen molar-refractivity contribution in [1.29, 1.82) is 0 Å². The van der Waals surface area contributed by atoms with Crippen LogP contribution < -0.4 is 5.32 Å². The van der Waals surface area contributed by atoms with Gasteiger partial charge in [-0.3, -0.25) is 4.90 Å². The molecule has 0 amide bonds. The van der Waals surface area contributed by atoms with Crippen molar-refractivity contribution in [1.82, 2.24) is 10.2 Å². The maximum Gasteiger partial charge on any atom is 0.0449 e. The molecule has 4 rings (SSSR count). The van der Waals surface area contributed by atoms with Crippen molar-refractivity contribution in [3.63, 3.8) is 0 Å². The maximum absolute atomic E-state index is 3.67. The second-order valence-corrected chi connectivity index (χ2v) is 6.72. The summed E-state index contributed by atoms with van der Waals surface area (Å²) in [5.41, 5.74) is 5.32. The molecule has 1 atom stereocenters. The van der Waals surface area contributed by atoms with Gasteiger partial charge in [-0.2, -0.15) is 0 Å². The Morgan fingerprint density at radius 2 is 1.40 bits per heavy atom. The molecule has 2 heteroatoms. The minimum atomic E-state index is 0.405. The summed E-state index contributed by atoms with van der Waals surface area (Å²) < 4.78 is 0. The van der Waals surface area contributed by atoms with Crippen LogP contribution in [0.3, 0.4) is 0 Å². The zero-order valence-electron chi connectivity index (χ0n) is 14.4. The van der Waals surface area contributed by atoms with E-state index in [0.717, 1.165) is 26.2 Å². The summed E-state index contributed by atoms with van der Waals surface area (Å²) in [7, 11) is 0. The lowest BCUT2D eigenvalue weighted by Gasteiger charge is -2.34. The van der Waals surface area contributed by atoms with Gasteiger partial charge in [0, 0.05) is 32.2 Å². The van der Waals surface area contributed by atoms with Gasteiger partial charge in [0.1, 0.15) is 0 Å². The van der Waals surface area contributed by atoms with E-state index in [0.29, 0.717) is 6.04 Å². The van der Waals surface area contributed by atoms with Gasteiger partial charge < -0.3 is 5.32 Å². The molecule has 3 aromatic rings. The maximum atomic E-state index is 3.67. The molecule has 0 bridgehead atoms. The molecule has 0 spiro atoms. The lowest BCUT2D eigenvalue weighted by molar-refractivity contribution is 0.193. The van der Waals surface area contributed by atoms with Crippen LogP contribution in [-0.4, -0.2) is 24.5 Å². The molecule has 0 aromatic heterocycles. The molecule has 1 fully saturated rings. The zero-order valence-corrected chi connectivity index (χ0v) is 14.4. The number of nitrogens with zero attached hydrogens (tertiary/aromatic N) is 1. The van der Waals surface area contributed by atoms with Crippen molar-refractivity contribution in [2.24, 2.45) is 0 Å². The third-order valence-electron chi connectivity index (χ3n) is 4.93. The summed E-state index contributed by atoms with van der Waals surface area (Å²) in [5, 5.41) is 3.67. The first-order valence-corrected chi connectivity index (χ1v) is 9.03. The fourth-order valence-electron chi connectivity index (χ4n) is 3.56. The van der Waals surface area contributed by atoms with Gasteiger partial charge in [-0.1, -0.05) is 84.9 Å². The van der Waals surface area contributed by atoms with Crippen LogP contribution in [0, 0.1) is 0 Å². The monoisotopic (exact) mass is 328 g/mol. The fraction of sp³-hybridized carbons (Fsp3) is 0.217. The minimum Gasteiger partial charge on any atom is -0.308 e. The molecule has 3 aromatic carbocycles. The van der Waals surface area contributed by atoms with Crippen LogP contribution in [0.4, 0.5) is 0 Å². The lowest BCUT2D eigenvalue weighted by Crippen LogP contribution is -2.45. The van der Waals surface area contributed by atoms with Crippen LogP contribution in [0.2, 0.25) is 0 Å². The average molecular weight is 328 g/mol. The molecule has 1 aliphatic heterocycles. The molecule has 1 N–H and O–H groups in total. The second-order valence-electron chi connectivity index (χ2n) is 6.72. The molecule has 1 heterocycles. The number of hydrogen-bond acceptors (Lipinski definition) is 2. The Morgan fingerprint density at radius 1 is 0.760 bits per heavy atom. The highest BCUT2D eigenvalue weighted by atomic mass is 15.2. The quantitative estimate of drug-likeness (QED) is 0.758. The molecule has 0 aliphatic carbocycles. The van der Waals surface area contributed by atoms with Gasteiger partial charge >= 0.3 is 0 Å². The molecular formula is C23H24N2. The third kappa shape index (κ3) is 3.98. The number of nitrogens with one attached hydrogen (secondary N) is 1. The molecule has 0 radical (unpaired) electrons. The first-order chi connectivity index (χ1) is 12.4. The van der Waals surface area contributed by atoms with E-state index in [-0.39, 0.29) is 0 Å². The van der Waals surface area contributed by atoms with Gasteiger partial charge in [-0.25, -0.2) is 0 Å². The van der Waals surface area contributed by atoms with E-state index in [2.05, 4.69) is 95.1 Å². The predicted molar refractivity (Wildman–Crippen MR) is 104 cm³/mol. The van der Waals surface area contributed by atoms with Crippen LogP contribution in [0.1, 0.15) is 17.2 Å². The van der Waals surface area contributed by atoms with Crippen molar-refractivity contribution in [3.8, 4) is 11.1 Å². The van der Waals surface area contributed by atoms with Crippen molar-refractivity contribution >= 4 is 0 Å². The molecular weight excluding hydrogens is 304 g/mol. The molecule has 1 unspecified atom stereocenters. The van der Waals surface area contributed by atoms with Crippen molar-refractivity contribution < 1.29 is 0 Å². The zero-order chi connectivity index (χ0) is 16.9. The Balaban J connectivity index is 1.44. The predicted octanol–water partition coefficient (Wildman–Crippen LogP) is 4.50. The summed E-state index contributed by atoms with van der Waals surface area (Å²) in [4.78, 5) is 2.54. The van der Waals surface area contributed by atoms with E-state index < -0.39 is 0 Å². The van der Waals surface area contributed by atoms with Crippen molar-refractivity contribution in [2.45, 2.75) is 12.6 Å². The minimum absolute atomic E-state index is 0.405. The van der Waals surface area contributed by atoms with E-state index in [9.17, 15) is 0 Å². The van der Waals surface area contributed by atoms with Gasteiger partial charge in [-0.05, 0) is 22.3 Å². The van der Waals surface area contributed by atoms with Crippen LogP contribution in [0.5, 0.6) is 0 Å². The van der Waals surface area contributed by atoms with Crippen molar-refractivity contribution in [3.05, 3.63) is 96.1 Å². The first-order valence-electron chi connectivity index (χ1n) is 9.03. The van der Waals surface area contributed by atoms with Crippen LogP contribution in [0.15, 0.2) is 84.9 Å². The van der Waals surface area contributed by atoms with Crippen LogP contribution >= 0.6 is 0 Å². The van der Waals surface area contributed by atoms with E-state index in [1.54, 1.807) is 0 Å². The first kappa shape index (κ1) is 16.1. The second kappa shape index (κ2) is 7.64. The van der Waals surface area contributed by atoms with Crippen LogP contribution in [-0.2, 0) is 6.54 Å². The summed E-state index contributed by atoms with van der Waals surface area (Å²) in [5.74, 6) is 0. The molecule has 2 nitrogen and oxygen atoms in total. The Labute approximate surface area is 150 Å². The summed E-state index contributed by atoms with van der Waals surface area (Å²) >= 11 is 0. The number of benzene rings is 3. The number of rotatable bonds is 4. The normalized spacial score (nSPS) is 18.2. The SMILES string of the molecule is c1ccc(CN2CCNC(c3ccc(-c4ccccc4)cc3)C2)cc1.